The zero-order valence-electron chi connectivity index (χ0n) is 17.6. The first kappa shape index (κ1) is 21.9. The van der Waals surface area contributed by atoms with Gasteiger partial charge < -0.3 is 10.2 Å². The summed E-state index contributed by atoms with van der Waals surface area (Å²) in [5.41, 5.74) is 2.53. The fraction of sp³-hybridized carbons (Fsp3) is 0.476. The predicted octanol–water partition coefficient (Wildman–Crippen LogP) is 4.96. The molecule has 0 atom stereocenters. The van der Waals surface area contributed by atoms with E-state index in [0.717, 1.165) is 35.7 Å². The predicted molar refractivity (Wildman–Crippen MR) is 123 cm³/mol. The lowest BCUT2D eigenvalue weighted by Crippen LogP contribution is -2.62. The highest BCUT2D eigenvalue weighted by Gasteiger charge is 2.39. The Morgan fingerprint density at radius 3 is 2.38 bits per heavy atom. The number of rotatable bonds is 3. The van der Waals surface area contributed by atoms with E-state index in [1.165, 1.54) is 0 Å². The zero-order chi connectivity index (χ0) is 21.4. The molecule has 3 rings (SSSR count). The Labute approximate surface area is 181 Å². The molecule has 2 heterocycles. The van der Waals surface area contributed by atoms with Gasteiger partial charge in [-0.05, 0) is 63.9 Å². The van der Waals surface area contributed by atoms with Crippen LogP contribution in [0.5, 0.6) is 0 Å². The first-order chi connectivity index (χ1) is 13.5. The van der Waals surface area contributed by atoms with Crippen LogP contribution in [0.2, 0.25) is 5.02 Å². The van der Waals surface area contributed by atoms with Crippen LogP contribution in [0.25, 0.3) is 11.1 Å². The van der Waals surface area contributed by atoms with E-state index >= 15 is 0 Å². The topological polar surface area (TPSA) is 91.7 Å². The van der Waals surface area contributed by atoms with Crippen LogP contribution in [-0.4, -0.2) is 49.5 Å². The van der Waals surface area contributed by atoms with Crippen LogP contribution in [0.4, 0.5) is 0 Å². The molecule has 1 saturated heterocycles. The Bertz CT molecular complexity index is 890. The molecule has 0 unspecified atom stereocenters. The number of nitrogens with zero attached hydrogens (tertiary/aromatic N) is 2. The van der Waals surface area contributed by atoms with Crippen molar-refractivity contribution < 1.29 is 0 Å². The highest BCUT2D eigenvalue weighted by Crippen LogP contribution is 2.33. The van der Waals surface area contributed by atoms with Crippen molar-refractivity contribution in [3.05, 3.63) is 41.2 Å². The number of piperidine rings is 1. The summed E-state index contributed by atoms with van der Waals surface area (Å²) >= 11 is 7.59. The normalized spacial score (nSPS) is 18.4. The third kappa shape index (κ3) is 5.21. The fourth-order valence-electron chi connectivity index (χ4n) is 4.22. The maximum atomic E-state index is 8.57. The Morgan fingerprint density at radius 2 is 1.83 bits per heavy atom. The molecule has 1 aromatic carbocycles. The van der Waals surface area contributed by atoms with Gasteiger partial charge in [0.15, 0.2) is 5.17 Å². The molecule has 156 valence electrons. The molecule has 1 aliphatic rings. The van der Waals surface area contributed by atoms with Crippen molar-refractivity contribution in [2.24, 2.45) is 0 Å². The van der Waals surface area contributed by atoms with Gasteiger partial charge in [-0.1, -0.05) is 23.7 Å². The van der Waals surface area contributed by atoms with E-state index in [-0.39, 0.29) is 22.2 Å². The lowest BCUT2D eigenvalue weighted by atomic mass is 9.79. The van der Waals surface area contributed by atoms with Gasteiger partial charge in [0.1, 0.15) is 5.04 Å². The Balaban J connectivity index is 1.69. The standard InChI is InChI=1S/C21H29ClN6S/c1-20(2)9-15(10-21(3,4)27-20)28(5)19(24)29-18(23)16-7-6-13(8-17(16)22)14-11-25-26-12-14/h6-8,11-12,15,23-24,27H,9-10H2,1-5H3,(H,25,26). The lowest BCUT2D eigenvalue weighted by Gasteiger charge is -2.49. The lowest BCUT2D eigenvalue weighted by molar-refractivity contribution is 0.114. The van der Waals surface area contributed by atoms with Crippen molar-refractivity contribution in [3.8, 4) is 11.1 Å². The van der Waals surface area contributed by atoms with Gasteiger partial charge in [-0.15, -0.1) is 0 Å². The summed E-state index contributed by atoms with van der Waals surface area (Å²) in [5.74, 6) is 0. The van der Waals surface area contributed by atoms with Gasteiger partial charge in [-0.2, -0.15) is 5.10 Å². The molecule has 0 bridgehead atoms. The van der Waals surface area contributed by atoms with E-state index in [1.807, 2.05) is 30.1 Å². The minimum atomic E-state index is 0.00531. The number of aromatic amines is 1. The third-order valence-electron chi connectivity index (χ3n) is 5.28. The van der Waals surface area contributed by atoms with E-state index in [9.17, 15) is 0 Å². The minimum Gasteiger partial charge on any atom is -0.351 e. The number of halogens is 1. The smallest absolute Gasteiger partial charge is 0.162 e. The number of nitrogens with one attached hydrogen (secondary N) is 4. The monoisotopic (exact) mass is 432 g/mol. The zero-order valence-corrected chi connectivity index (χ0v) is 19.1. The molecule has 6 nitrogen and oxygen atoms in total. The highest BCUT2D eigenvalue weighted by atomic mass is 35.5. The van der Waals surface area contributed by atoms with Gasteiger partial charge >= 0.3 is 0 Å². The fourth-order valence-corrected chi connectivity index (χ4v) is 5.32. The van der Waals surface area contributed by atoms with Crippen molar-refractivity contribution in [2.75, 3.05) is 7.05 Å². The summed E-state index contributed by atoms with van der Waals surface area (Å²) < 4.78 is 0. The molecular weight excluding hydrogens is 404 g/mol. The summed E-state index contributed by atoms with van der Waals surface area (Å²) in [7, 11) is 1.95. The van der Waals surface area contributed by atoms with Crippen molar-refractivity contribution in [1.82, 2.24) is 20.4 Å². The molecule has 1 aromatic heterocycles. The van der Waals surface area contributed by atoms with Crippen LogP contribution in [0, 0.1) is 10.8 Å². The van der Waals surface area contributed by atoms with E-state index in [1.54, 1.807) is 12.4 Å². The molecule has 8 heteroatoms. The van der Waals surface area contributed by atoms with Gasteiger partial charge in [0.2, 0.25) is 0 Å². The quantitative estimate of drug-likeness (QED) is 0.407. The van der Waals surface area contributed by atoms with Gasteiger partial charge in [-0.3, -0.25) is 15.9 Å². The molecule has 0 aliphatic carbocycles. The van der Waals surface area contributed by atoms with E-state index in [0.29, 0.717) is 15.8 Å². The van der Waals surface area contributed by atoms with Gasteiger partial charge in [0.05, 0.1) is 11.2 Å². The SMILES string of the molecule is CN(C(=N)SC(=N)c1ccc(-c2cn[nH]c2)cc1Cl)C1CC(C)(C)NC(C)(C)C1. The van der Waals surface area contributed by atoms with Crippen molar-refractivity contribution in [2.45, 2.75) is 57.7 Å². The highest BCUT2D eigenvalue weighted by molar-refractivity contribution is 8.26. The summed E-state index contributed by atoms with van der Waals surface area (Å²) in [6, 6.07) is 5.84. The van der Waals surface area contributed by atoms with Crippen molar-refractivity contribution >= 4 is 33.6 Å². The summed E-state index contributed by atoms with van der Waals surface area (Å²) in [5, 5.41) is 28.6. The maximum absolute atomic E-state index is 8.57. The van der Waals surface area contributed by atoms with Gasteiger partial charge in [0, 0.05) is 41.5 Å². The van der Waals surface area contributed by atoms with E-state index in [4.69, 9.17) is 22.4 Å². The third-order valence-corrected chi connectivity index (χ3v) is 6.50. The Kier molecular flexibility index (Phi) is 6.13. The van der Waals surface area contributed by atoms with Crippen LogP contribution in [0.1, 0.15) is 46.1 Å². The number of H-pyrrole nitrogens is 1. The van der Waals surface area contributed by atoms with E-state index < -0.39 is 0 Å². The Morgan fingerprint density at radius 1 is 1.17 bits per heavy atom. The number of benzene rings is 1. The van der Waals surface area contributed by atoms with Crippen molar-refractivity contribution in [1.29, 1.82) is 10.8 Å². The molecule has 0 amide bonds. The molecule has 0 saturated carbocycles. The largest absolute Gasteiger partial charge is 0.351 e. The van der Waals surface area contributed by atoms with Crippen LogP contribution in [-0.2, 0) is 0 Å². The van der Waals surface area contributed by atoms with Crippen LogP contribution < -0.4 is 5.32 Å². The average Bonchev–Trinajstić information content (AvgIpc) is 3.12. The van der Waals surface area contributed by atoms with E-state index in [2.05, 4.69) is 43.2 Å². The second-order valence-electron chi connectivity index (χ2n) is 8.98. The first-order valence-corrected chi connectivity index (χ1v) is 10.8. The molecular formula is C21H29ClN6S. The van der Waals surface area contributed by atoms with Crippen LogP contribution in [0.15, 0.2) is 30.6 Å². The number of hydrogen-bond acceptors (Lipinski definition) is 5. The molecule has 1 fully saturated rings. The van der Waals surface area contributed by atoms with Crippen LogP contribution >= 0.6 is 23.4 Å². The van der Waals surface area contributed by atoms with Gasteiger partial charge in [-0.25, -0.2) is 0 Å². The molecule has 0 radical (unpaired) electrons. The molecule has 29 heavy (non-hydrogen) atoms. The number of thioether (sulfide) groups is 1. The van der Waals surface area contributed by atoms with Crippen molar-refractivity contribution in [3.63, 3.8) is 0 Å². The maximum Gasteiger partial charge on any atom is 0.162 e. The summed E-state index contributed by atoms with van der Waals surface area (Å²) in [6.07, 6.45) is 5.43. The number of aromatic nitrogens is 2. The summed E-state index contributed by atoms with van der Waals surface area (Å²) in [6.45, 7) is 8.81. The molecule has 1 aliphatic heterocycles. The molecule has 2 aromatic rings. The second kappa shape index (κ2) is 8.13. The van der Waals surface area contributed by atoms with Gasteiger partial charge in [0.25, 0.3) is 0 Å². The first-order valence-electron chi connectivity index (χ1n) is 9.64. The number of amidine groups is 1. The molecule has 0 spiro atoms. The number of hydrogen-bond donors (Lipinski definition) is 4. The summed E-state index contributed by atoms with van der Waals surface area (Å²) in [4.78, 5) is 2.00. The van der Waals surface area contributed by atoms with Crippen LogP contribution in [0.3, 0.4) is 0 Å². The second-order valence-corrected chi connectivity index (χ2v) is 10.4. The Hall–Kier alpha value is -1.83. The molecule has 4 N–H and O–H groups in total. The average molecular weight is 433 g/mol. The minimum absolute atomic E-state index is 0.00531.